The Labute approximate surface area is 223 Å². The first-order valence-electron chi connectivity index (χ1n) is 12.7. The summed E-state index contributed by atoms with van der Waals surface area (Å²) in [4.78, 5) is 40.5. The van der Waals surface area contributed by atoms with Crippen LogP contribution in [-0.2, 0) is 20.8 Å². The maximum atomic E-state index is 14.8. The lowest BCUT2D eigenvalue weighted by molar-refractivity contribution is -0.146. The van der Waals surface area contributed by atoms with E-state index in [2.05, 4.69) is 5.32 Å². The van der Waals surface area contributed by atoms with E-state index in [0.29, 0.717) is 16.9 Å². The molecule has 0 radical (unpaired) electrons. The van der Waals surface area contributed by atoms with Crippen molar-refractivity contribution in [3.63, 3.8) is 0 Å². The van der Waals surface area contributed by atoms with Crippen molar-refractivity contribution in [1.82, 2.24) is 5.32 Å². The number of benzene rings is 2. The van der Waals surface area contributed by atoms with Crippen LogP contribution in [0.5, 0.6) is 0 Å². The number of anilines is 2. The third-order valence-electron chi connectivity index (χ3n) is 7.30. The van der Waals surface area contributed by atoms with Crippen molar-refractivity contribution < 1.29 is 31.9 Å². The van der Waals surface area contributed by atoms with Gasteiger partial charge in [0.25, 0.3) is 0 Å². The van der Waals surface area contributed by atoms with Crippen molar-refractivity contribution >= 4 is 29.0 Å². The number of rotatable bonds is 9. The van der Waals surface area contributed by atoms with Crippen LogP contribution in [0.3, 0.4) is 0 Å². The molecule has 2 aromatic rings. The van der Waals surface area contributed by atoms with Gasteiger partial charge in [0.1, 0.15) is 11.9 Å². The van der Waals surface area contributed by atoms with Crippen LogP contribution in [0, 0.1) is 34.9 Å². The maximum absolute atomic E-state index is 14.8. The van der Waals surface area contributed by atoms with Crippen molar-refractivity contribution in [1.29, 1.82) is 5.26 Å². The highest BCUT2D eigenvalue weighted by molar-refractivity contribution is 5.95. The van der Waals surface area contributed by atoms with Gasteiger partial charge in [-0.1, -0.05) is 25.0 Å². The van der Waals surface area contributed by atoms with E-state index in [9.17, 15) is 37.2 Å². The van der Waals surface area contributed by atoms with Gasteiger partial charge in [-0.05, 0) is 49.1 Å². The molecule has 7 nitrogen and oxygen atoms in total. The molecule has 2 aromatic carbocycles. The minimum atomic E-state index is -4.56. The zero-order valence-corrected chi connectivity index (χ0v) is 21.0. The Morgan fingerprint density at radius 3 is 2.51 bits per heavy atom. The number of nitrogens with two attached hydrogens (primary N) is 1. The molecule has 206 valence electrons. The molecule has 0 unspecified atom stereocenters. The first-order valence-corrected chi connectivity index (χ1v) is 12.7. The Hall–Kier alpha value is -3.94. The van der Waals surface area contributed by atoms with Gasteiger partial charge in [0.2, 0.25) is 11.8 Å². The molecule has 2 aliphatic rings. The second-order valence-electron chi connectivity index (χ2n) is 10.2. The number of hydrogen-bond acceptors (Lipinski definition) is 5. The number of ketones is 1. The smallest absolute Gasteiger partial charge is 0.369 e. The largest absolute Gasteiger partial charge is 0.389 e. The monoisotopic (exact) mass is 544 g/mol. The fourth-order valence-corrected chi connectivity index (χ4v) is 5.07. The summed E-state index contributed by atoms with van der Waals surface area (Å²) in [5, 5.41) is 11.9. The molecule has 0 saturated heterocycles. The molecule has 2 amide bonds. The molecule has 0 bridgehead atoms. The Morgan fingerprint density at radius 1 is 1.15 bits per heavy atom. The minimum absolute atomic E-state index is 0.0963. The zero-order chi connectivity index (χ0) is 28.3. The molecular weight excluding hydrogens is 516 g/mol. The second-order valence-corrected chi connectivity index (χ2v) is 10.2. The van der Waals surface area contributed by atoms with E-state index in [1.54, 1.807) is 35.2 Å². The van der Waals surface area contributed by atoms with Gasteiger partial charge in [-0.25, -0.2) is 4.39 Å². The fourth-order valence-electron chi connectivity index (χ4n) is 5.07. The van der Waals surface area contributed by atoms with Gasteiger partial charge in [0.05, 0.1) is 18.2 Å². The van der Waals surface area contributed by atoms with E-state index in [1.807, 2.05) is 6.07 Å². The third kappa shape index (κ3) is 6.93. The number of nitrogens with one attached hydrogen (secondary N) is 1. The number of halogens is 4. The van der Waals surface area contributed by atoms with Crippen molar-refractivity contribution in [2.24, 2.45) is 23.5 Å². The Kier molecular flexibility index (Phi) is 8.23. The van der Waals surface area contributed by atoms with Crippen molar-refractivity contribution in [3.05, 3.63) is 59.4 Å². The Balaban J connectivity index is 1.65. The number of primary amides is 1. The van der Waals surface area contributed by atoms with Crippen LogP contribution < -0.4 is 16.0 Å². The number of carbonyl (C=O) groups is 3. The molecule has 3 atom stereocenters. The summed E-state index contributed by atoms with van der Waals surface area (Å²) < 4.78 is 54.2. The highest BCUT2D eigenvalue weighted by Crippen LogP contribution is 2.39. The first-order chi connectivity index (χ1) is 18.5. The molecule has 1 heterocycles. The SMILES string of the molecule is N#Cc1cccc(N2C[C@H](NC(=O)[C@H](CCC(F)(F)F)[C@H](CC3CC3)C(N)=O)C(=O)Cc3c(F)cccc32)c1. The quantitative estimate of drug-likeness (QED) is 0.457. The summed E-state index contributed by atoms with van der Waals surface area (Å²) >= 11 is 0. The fraction of sp³-hybridized carbons (Fsp3) is 0.429. The number of alkyl halides is 3. The molecular formula is C28H28F4N4O3. The standard InChI is InChI=1S/C28H28F4N4O3/c29-22-5-2-6-24-21(22)13-25(37)23(15-36(24)18-4-1-3-17(11-18)14-33)35-27(39)19(9-10-28(30,31)32)20(26(34)38)12-16-7-8-16/h1-6,11,16,19-20,23H,7-10,12-13,15H2,(H2,34,38)(H,35,39)/t19-,20+,23+/m1/s1. The van der Waals surface area contributed by atoms with Gasteiger partial charge in [-0.3, -0.25) is 14.4 Å². The Morgan fingerprint density at radius 2 is 1.87 bits per heavy atom. The predicted molar refractivity (Wildman–Crippen MR) is 134 cm³/mol. The third-order valence-corrected chi connectivity index (χ3v) is 7.30. The molecule has 0 aromatic heterocycles. The van der Waals surface area contributed by atoms with Gasteiger partial charge in [-0.15, -0.1) is 0 Å². The molecule has 1 aliphatic carbocycles. The van der Waals surface area contributed by atoms with Crippen molar-refractivity contribution in [2.75, 3.05) is 11.4 Å². The van der Waals surface area contributed by atoms with E-state index >= 15 is 0 Å². The topological polar surface area (TPSA) is 116 Å². The number of fused-ring (bicyclic) bond motifs is 1. The van der Waals surface area contributed by atoms with Gasteiger partial charge in [-0.2, -0.15) is 18.4 Å². The van der Waals surface area contributed by atoms with E-state index < -0.39 is 60.3 Å². The average Bonchev–Trinajstić information content (AvgIpc) is 3.71. The number of nitriles is 1. The number of carbonyl (C=O) groups excluding carboxylic acids is 3. The first kappa shape index (κ1) is 28.1. The number of Topliss-reactive ketones (excluding diaryl/α,β-unsaturated/α-hetero) is 1. The van der Waals surface area contributed by atoms with Crippen LogP contribution in [-0.4, -0.2) is 36.4 Å². The van der Waals surface area contributed by atoms with E-state index in [0.717, 1.165) is 12.8 Å². The maximum Gasteiger partial charge on any atom is 0.389 e. The lowest BCUT2D eigenvalue weighted by Crippen LogP contribution is -2.51. The molecule has 1 fully saturated rings. The van der Waals surface area contributed by atoms with Crippen LogP contribution in [0.4, 0.5) is 28.9 Å². The van der Waals surface area contributed by atoms with Gasteiger partial charge >= 0.3 is 6.18 Å². The second kappa shape index (κ2) is 11.4. The molecule has 11 heteroatoms. The van der Waals surface area contributed by atoms with Crippen LogP contribution in [0.1, 0.15) is 43.2 Å². The average molecular weight is 545 g/mol. The lowest BCUT2D eigenvalue weighted by Gasteiger charge is -2.30. The molecule has 1 aliphatic heterocycles. The normalized spacial score (nSPS) is 18.9. The molecule has 1 saturated carbocycles. The van der Waals surface area contributed by atoms with Crippen LogP contribution >= 0.6 is 0 Å². The lowest BCUT2D eigenvalue weighted by atomic mass is 9.83. The molecule has 39 heavy (non-hydrogen) atoms. The van der Waals surface area contributed by atoms with Crippen LogP contribution in [0.25, 0.3) is 0 Å². The van der Waals surface area contributed by atoms with E-state index in [1.165, 1.54) is 12.1 Å². The van der Waals surface area contributed by atoms with E-state index in [-0.39, 0.29) is 30.9 Å². The highest BCUT2D eigenvalue weighted by Gasteiger charge is 2.41. The number of hydrogen-bond donors (Lipinski definition) is 2. The number of amides is 2. The van der Waals surface area contributed by atoms with Gasteiger partial charge in [0, 0.05) is 41.6 Å². The zero-order valence-electron chi connectivity index (χ0n) is 21.0. The predicted octanol–water partition coefficient (Wildman–Crippen LogP) is 4.31. The summed E-state index contributed by atoms with van der Waals surface area (Å²) in [5.74, 6) is -5.28. The summed E-state index contributed by atoms with van der Waals surface area (Å²) in [6.07, 6.45) is -5.05. The summed E-state index contributed by atoms with van der Waals surface area (Å²) in [6.45, 7) is -0.161. The highest BCUT2D eigenvalue weighted by atomic mass is 19.4. The number of nitrogens with zero attached hydrogens (tertiary/aromatic N) is 2. The van der Waals surface area contributed by atoms with Crippen LogP contribution in [0.15, 0.2) is 42.5 Å². The van der Waals surface area contributed by atoms with Gasteiger partial charge in [0.15, 0.2) is 5.78 Å². The van der Waals surface area contributed by atoms with Crippen LogP contribution in [0.2, 0.25) is 0 Å². The minimum Gasteiger partial charge on any atom is -0.369 e. The summed E-state index contributed by atoms with van der Waals surface area (Å²) in [5.41, 5.74) is 6.78. The van der Waals surface area contributed by atoms with E-state index in [4.69, 9.17) is 5.73 Å². The molecule has 0 spiro atoms. The summed E-state index contributed by atoms with van der Waals surface area (Å²) in [7, 11) is 0. The van der Waals surface area contributed by atoms with Gasteiger partial charge < -0.3 is 16.0 Å². The molecule has 4 rings (SSSR count). The van der Waals surface area contributed by atoms with Crippen molar-refractivity contribution in [3.8, 4) is 6.07 Å². The van der Waals surface area contributed by atoms with Crippen molar-refractivity contribution in [2.45, 2.75) is 50.7 Å². The Bertz CT molecular complexity index is 1300. The molecule has 3 N–H and O–H groups in total. The summed E-state index contributed by atoms with van der Waals surface area (Å²) in [6, 6.07) is 11.5.